The van der Waals surface area contributed by atoms with Crippen LogP contribution in [0.25, 0.3) is 0 Å². The third kappa shape index (κ3) is 4.78. The minimum atomic E-state index is -3.02. The summed E-state index contributed by atoms with van der Waals surface area (Å²) in [6.07, 6.45) is 0.530. The average Bonchev–Trinajstić information content (AvgIpc) is 3.04. The highest BCUT2D eigenvalue weighted by atomic mass is 32.2. The maximum atomic E-state index is 12.9. The van der Waals surface area contributed by atoms with Crippen LogP contribution in [-0.2, 0) is 19.4 Å². The van der Waals surface area contributed by atoms with Crippen molar-refractivity contribution in [3.05, 3.63) is 23.8 Å². The number of nitrogens with zero attached hydrogens (tertiary/aromatic N) is 2. The van der Waals surface area contributed by atoms with Crippen molar-refractivity contribution in [2.24, 2.45) is 0 Å². The van der Waals surface area contributed by atoms with E-state index in [1.807, 2.05) is 26.8 Å². The summed E-state index contributed by atoms with van der Waals surface area (Å²) in [5, 5.41) is 3.32. The fourth-order valence-electron chi connectivity index (χ4n) is 3.99. The van der Waals surface area contributed by atoms with Crippen LogP contribution < -0.4 is 10.2 Å². The van der Waals surface area contributed by atoms with Gasteiger partial charge in [-0.05, 0) is 51.0 Å². The maximum Gasteiger partial charge on any atom is 0.245 e. The second-order valence-electron chi connectivity index (χ2n) is 7.65. The van der Waals surface area contributed by atoms with Gasteiger partial charge in [-0.1, -0.05) is 0 Å². The Hall–Kier alpha value is -1.80. The molecule has 1 N–H and O–H groups in total. The first-order valence-corrected chi connectivity index (χ1v) is 11.8. The number of sulfone groups is 1. The molecule has 2 fully saturated rings. The van der Waals surface area contributed by atoms with Crippen molar-refractivity contribution in [3.63, 3.8) is 0 Å². The molecule has 156 valence electrons. The van der Waals surface area contributed by atoms with Gasteiger partial charge in [-0.25, -0.2) is 8.42 Å². The van der Waals surface area contributed by atoms with E-state index in [-0.39, 0.29) is 23.5 Å². The number of morpholine rings is 1. The lowest BCUT2D eigenvalue weighted by atomic mass is 10.1. The Kier molecular flexibility index (Phi) is 6.50. The lowest BCUT2D eigenvalue weighted by Gasteiger charge is -2.31. The molecule has 0 bridgehead atoms. The summed E-state index contributed by atoms with van der Waals surface area (Å²) in [7, 11) is -3.02. The minimum absolute atomic E-state index is 0.0544. The summed E-state index contributed by atoms with van der Waals surface area (Å²) < 4.78 is 29.0. The van der Waals surface area contributed by atoms with Gasteiger partial charge in [0.15, 0.2) is 9.84 Å². The first-order chi connectivity index (χ1) is 13.3. The Morgan fingerprint density at radius 3 is 2.64 bits per heavy atom. The zero-order valence-corrected chi connectivity index (χ0v) is 17.8. The molecule has 0 aromatic heterocycles. The van der Waals surface area contributed by atoms with Gasteiger partial charge >= 0.3 is 0 Å². The average molecular weight is 410 g/mol. The number of likely N-dealkylation sites (N-methyl/N-ethyl adjacent to an activating group) is 1. The zero-order valence-electron chi connectivity index (χ0n) is 17.0. The van der Waals surface area contributed by atoms with Crippen molar-refractivity contribution in [1.29, 1.82) is 0 Å². The number of amides is 1. The van der Waals surface area contributed by atoms with E-state index >= 15 is 0 Å². The molecule has 1 amide bonds. The Bertz CT molecular complexity index is 806. The summed E-state index contributed by atoms with van der Waals surface area (Å²) in [5.41, 5.74) is 3.17. The van der Waals surface area contributed by atoms with Gasteiger partial charge in [-0.15, -0.1) is 0 Å². The van der Waals surface area contributed by atoms with Gasteiger partial charge in [-0.3, -0.25) is 4.79 Å². The molecule has 0 saturated carbocycles. The lowest BCUT2D eigenvalue weighted by molar-refractivity contribution is -0.133. The molecule has 0 spiro atoms. The monoisotopic (exact) mass is 409 g/mol. The van der Waals surface area contributed by atoms with Gasteiger partial charge < -0.3 is 19.9 Å². The van der Waals surface area contributed by atoms with Gasteiger partial charge in [-0.2, -0.15) is 0 Å². The van der Waals surface area contributed by atoms with Crippen molar-refractivity contribution >= 4 is 27.1 Å². The van der Waals surface area contributed by atoms with E-state index in [2.05, 4.69) is 22.3 Å². The number of nitrogens with one attached hydrogen (secondary N) is 1. The Labute approximate surface area is 167 Å². The van der Waals surface area contributed by atoms with Crippen molar-refractivity contribution < 1.29 is 17.9 Å². The number of aryl methyl sites for hydroxylation is 1. The normalized spacial score (nSPS) is 22.7. The topological polar surface area (TPSA) is 79.0 Å². The quantitative estimate of drug-likeness (QED) is 0.770. The zero-order chi connectivity index (χ0) is 20.3. The van der Waals surface area contributed by atoms with E-state index in [1.165, 1.54) is 0 Å². The molecule has 2 aliphatic rings. The van der Waals surface area contributed by atoms with Gasteiger partial charge in [0.25, 0.3) is 0 Å². The lowest BCUT2D eigenvalue weighted by Crippen LogP contribution is -2.47. The van der Waals surface area contributed by atoms with Crippen LogP contribution in [0, 0.1) is 6.92 Å². The predicted octanol–water partition coefficient (Wildman–Crippen LogP) is 1.67. The molecule has 1 aromatic carbocycles. The van der Waals surface area contributed by atoms with Gasteiger partial charge in [0.1, 0.15) is 6.04 Å². The fourth-order valence-corrected chi connectivity index (χ4v) is 5.72. The van der Waals surface area contributed by atoms with Crippen LogP contribution in [0.2, 0.25) is 0 Å². The summed E-state index contributed by atoms with van der Waals surface area (Å²) >= 11 is 0. The molecule has 8 heteroatoms. The number of benzene rings is 1. The highest BCUT2D eigenvalue weighted by molar-refractivity contribution is 7.91. The Morgan fingerprint density at radius 2 is 2.07 bits per heavy atom. The SMILES string of the molecule is CCN(C(=O)C(C)Nc1ccc(N2CCOCC2)cc1C)C1CCS(=O)(=O)C1. The van der Waals surface area contributed by atoms with E-state index in [4.69, 9.17) is 4.74 Å². The second kappa shape index (κ2) is 8.69. The summed E-state index contributed by atoms with van der Waals surface area (Å²) in [6, 6.07) is 5.58. The molecule has 2 aliphatic heterocycles. The number of anilines is 2. The Morgan fingerprint density at radius 1 is 1.36 bits per heavy atom. The highest BCUT2D eigenvalue weighted by Crippen LogP contribution is 2.25. The molecule has 28 heavy (non-hydrogen) atoms. The summed E-state index contributed by atoms with van der Waals surface area (Å²) in [5.74, 6) is 0.194. The molecule has 3 rings (SSSR count). The molecule has 2 atom stereocenters. The van der Waals surface area contributed by atoms with Crippen molar-refractivity contribution in [1.82, 2.24) is 4.90 Å². The molecule has 0 radical (unpaired) electrons. The first kappa shape index (κ1) is 20.9. The van der Waals surface area contributed by atoms with Gasteiger partial charge in [0, 0.05) is 37.1 Å². The smallest absolute Gasteiger partial charge is 0.245 e. The van der Waals surface area contributed by atoms with Crippen LogP contribution in [0.3, 0.4) is 0 Å². The van der Waals surface area contributed by atoms with Crippen LogP contribution in [-0.4, -0.2) is 75.7 Å². The van der Waals surface area contributed by atoms with Crippen molar-refractivity contribution in [3.8, 4) is 0 Å². The molecule has 2 heterocycles. The van der Waals surface area contributed by atoms with Gasteiger partial charge in [0.2, 0.25) is 5.91 Å². The minimum Gasteiger partial charge on any atom is -0.378 e. The number of hydrogen-bond acceptors (Lipinski definition) is 6. The maximum absolute atomic E-state index is 12.9. The molecular weight excluding hydrogens is 378 g/mol. The highest BCUT2D eigenvalue weighted by Gasteiger charge is 2.35. The van der Waals surface area contributed by atoms with Crippen LogP contribution in [0.1, 0.15) is 25.8 Å². The molecule has 7 nitrogen and oxygen atoms in total. The molecular formula is C20H31N3O4S. The largest absolute Gasteiger partial charge is 0.378 e. The van der Waals surface area contributed by atoms with E-state index in [9.17, 15) is 13.2 Å². The number of carbonyl (C=O) groups is 1. The predicted molar refractivity (Wildman–Crippen MR) is 112 cm³/mol. The molecule has 2 unspecified atom stereocenters. The molecule has 2 saturated heterocycles. The van der Waals surface area contributed by atoms with Crippen molar-refractivity contribution in [2.45, 2.75) is 39.3 Å². The number of carbonyl (C=O) groups excluding carboxylic acids is 1. The van der Waals surface area contributed by atoms with Crippen LogP contribution in [0.15, 0.2) is 18.2 Å². The van der Waals surface area contributed by atoms with E-state index in [0.717, 1.165) is 43.2 Å². The van der Waals surface area contributed by atoms with E-state index in [1.54, 1.807) is 4.90 Å². The Balaban J connectivity index is 1.66. The third-order valence-corrected chi connectivity index (χ3v) is 7.35. The third-order valence-electron chi connectivity index (χ3n) is 5.60. The summed E-state index contributed by atoms with van der Waals surface area (Å²) in [6.45, 7) is 9.54. The number of hydrogen-bond donors (Lipinski definition) is 1. The van der Waals surface area contributed by atoms with E-state index < -0.39 is 15.9 Å². The van der Waals surface area contributed by atoms with Crippen LogP contribution in [0.4, 0.5) is 11.4 Å². The number of ether oxygens (including phenoxy) is 1. The van der Waals surface area contributed by atoms with Crippen molar-refractivity contribution in [2.75, 3.05) is 54.6 Å². The van der Waals surface area contributed by atoms with Crippen LogP contribution >= 0.6 is 0 Å². The van der Waals surface area contributed by atoms with E-state index in [0.29, 0.717) is 13.0 Å². The summed E-state index contributed by atoms with van der Waals surface area (Å²) in [4.78, 5) is 17.0. The molecule has 0 aliphatic carbocycles. The fraction of sp³-hybridized carbons (Fsp3) is 0.650. The first-order valence-electron chi connectivity index (χ1n) is 10.0. The number of rotatable bonds is 6. The van der Waals surface area contributed by atoms with Crippen LogP contribution in [0.5, 0.6) is 0 Å². The van der Waals surface area contributed by atoms with Gasteiger partial charge in [0.05, 0.1) is 24.7 Å². The molecule has 1 aromatic rings. The standard InChI is InChI=1S/C20H31N3O4S/c1-4-23(18-7-12-28(25,26)14-18)20(24)16(3)21-19-6-5-17(13-15(19)2)22-8-10-27-11-9-22/h5-6,13,16,18,21H,4,7-12,14H2,1-3H3. The second-order valence-corrected chi connectivity index (χ2v) is 9.87.